The highest BCUT2D eigenvalue weighted by atomic mass is 35.5. The Balaban J connectivity index is 0.00000417. The smallest absolute Gasteiger partial charge is 0.390 e. The Morgan fingerprint density at radius 3 is 2.39 bits per heavy atom. The molecule has 4 aliphatic rings. The molecule has 2 saturated heterocycles. The van der Waals surface area contributed by atoms with Gasteiger partial charge in [-0.1, -0.05) is 11.6 Å². The summed E-state index contributed by atoms with van der Waals surface area (Å²) >= 11 is 6.38. The molecule has 0 radical (unpaired) electrons. The molecular formula is C29H30Cl2F5N9O4. The lowest BCUT2D eigenvalue weighted by Crippen LogP contribution is -2.49. The number of imidazole rings is 1. The van der Waals surface area contributed by atoms with Crippen LogP contribution in [0.1, 0.15) is 39.1 Å². The van der Waals surface area contributed by atoms with Gasteiger partial charge in [-0.2, -0.15) is 18.3 Å². The number of β-amino-alcohol motifs (C(OH)–C–C–N with tert-alkyl or cyclic N) is 1. The van der Waals surface area contributed by atoms with Gasteiger partial charge in [-0.3, -0.25) is 14.3 Å². The molecule has 1 aromatic carbocycles. The molecule has 5 N–H and O–H groups in total. The first-order valence-corrected chi connectivity index (χ1v) is 15.4. The second-order valence-electron chi connectivity index (χ2n) is 12.5. The normalized spacial score (nSPS) is 26.5. The van der Waals surface area contributed by atoms with Gasteiger partial charge >= 0.3 is 12.2 Å². The number of piperidine rings is 1. The Labute approximate surface area is 285 Å². The second-order valence-corrected chi connectivity index (χ2v) is 12.9. The van der Waals surface area contributed by atoms with E-state index in [1.807, 2.05) is 0 Å². The quantitative estimate of drug-likeness (QED) is 0.234. The lowest BCUT2D eigenvalue weighted by molar-refractivity contribution is -0.141. The number of carbonyl (C=O) groups excluding carboxylic acids is 3. The van der Waals surface area contributed by atoms with Gasteiger partial charge in [0.1, 0.15) is 6.04 Å². The van der Waals surface area contributed by atoms with E-state index >= 15 is 0 Å². The first-order valence-electron chi connectivity index (χ1n) is 15.0. The Bertz CT molecular complexity index is 1810. The third-order valence-electron chi connectivity index (χ3n) is 9.32. The van der Waals surface area contributed by atoms with Gasteiger partial charge < -0.3 is 35.8 Å². The van der Waals surface area contributed by atoms with Gasteiger partial charge in [0.25, 0.3) is 17.7 Å². The summed E-state index contributed by atoms with van der Waals surface area (Å²) in [5.41, 5.74) is -1.72. The molecule has 4 heterocycles. The molecule has 2 aromatic heterocycles. The maximum Gasteiger partial charge on any atom is 0.435 e. The number of alkyl halides is 5. The van der Waals surface area contributed by atoms with Crippen molar-refractivity contribution in [1.82, 2.24) is 40.2 Å². The van der Waals surface area contributed by atoms with E-state index in [-0.39, 0.29) is 70.1 Å². The first-order chi connectivity index (χ1) is 22.6. The van der Waals surface area contributed by atoms with Crippen LogP contribution in [0.5, 0.6) is 0 Å². The van der Waals surface area contributed by atoms with Crippen molar-refractivity contribution in [2.45, 2.75) is 42.7 Å². The number of carbonyl (C=O) groups is 3. The topological polar surface area (TPSA) is 158 Å². The monoisotopic (exact) mass is 733 g/mol. The lowest BCUT2D eigenvalue weighted by Gasteiger charge is -2.24. The van der Waals surface area contributed by atoms with Crippen molar-refractivity contribution in [3.05, 3.63) is 52.7 Å². The average molecular weight is 735 g/mol. The van der Waals surface area contributed by atoms with E-state index in [4.69, 9.17) is 11.6 Å². The zero-order valence-electron chi connectivity index (χ0n) is 25.5. The van der Waals surface area contributed by atoms with E-state index < -0.39 is 53.7 Å². The maximum atomic E-state index is 13.7. The zero-order valence-corrected chi connectivity index (χ0v) is 27.0. The summed E-state index contributed by atoms with van der Waals surface area (Å²) in [7, 11) is 1.30. The predicted octanol–water partition coefficient (Wildman–Crippen LogP) is 2.91. The number of amides is 4. The van der Waals surface area contributed by atoms with Gasteiger partial charge in [0.15, 0.2) is 11.5 Å². The molecule has 6 atom stereocenters. The van der Waals surface area contributed by atoms with Crippen molar-refractivity contribution in [3.63, 3.8) is 0 Å². The van der Waals surface area contributed by atoms with Gasteiger partial charge in [0.2, 0.25) is 0 Å². The minimum absolute atomic E-state index is 0. The molecule has 49 heavy (non-hydrogen) atoms. The van der Waals surface area contributed by atoms with Crippen LogP contribution in [0.25, 0.3) is 11.3 Å². The van der Waals surface area contributed by atoms with Crippen LogP contribution in [0.3, 0.4) is 0 Å². The zero-order chi connectivity index (χ0) is 34.3. The van der Waals surface area contributed by atoms with Crippen LogP contribution < -0.4 is 21.3 Å². The van der Waals surface area contributed by atoms with Crippen molar-refractivity contribution in [2.24, 2.45) is 18.9 Å². The lowest BCUT2D eigenvalue weighted by atomic mass is 10.2. The number of urea groups is 1. The van der Waals surface area contributed by atoms with Crippen molar-refractivity contribution in [1.29, 1.82) is 0 Å². The van der Waals surface area contributed by atoms with Crippen LogP contribution in [-0.2, 0) is 13.2 Å². The van der Waals surface area contributed by atoms with E-state index in [0.29, 0.717) is 30.9 Å². The summed E-state index contributed by atoms with van der Waals surface area (Å²) in [6.07, 6.45) is -4.32. The van der Waals surface area contributed by atoms with Gasteiger partial charge in [0, 0.05) is 69.4 Å². The third kappa shape index (κ3) is 6.53. The third-order valence-corrected chi connectivity index (χ3v) is 9.63. The number of rotatable bonds is 7. The molecule has 4 fully saturated rings. The highest BCUT2D eigenvalue weighted by Gasteiger charge is 2.60. The van der Waals surface area contributed by atoms with E-state index in [9.17, 15) is 41.4 Å². The van der Waals surface area contributed by atoms with Crippen molar-refractivity contribution >= 4 is 47.5 Å². The van der Waals surface area contributed by atoms with E-state index in [0.717, 1.165) is 17.0 Å². The molecule has 0 bridgehead atoms. The van der Waals surface area contributed by atoms with Crippen LogP contribution in [-0.4, -0.2) is 97.5 Å². The summed E-state index contributed by atoms with van der Waals surface area (Å²) in [5.74, 6) is -4.50. The van der Waals surface area contributed by atoms with E-state index in [1.54, 1.807) is 4.90 Å². The summed E-state index contributed by atoms with van der Waals surface area (Å²) in [6, 6.07) is 1.94. The number of aliphatic hydroxyl groups is 1. The molecule has 4 amide bonds. The Morgan fingerprint density at radius 2 is 1.80 bits per heavy atom. The molecule has 1 unspecified atom stereocenters. The number of hydrogen-bond acceptors (Lipinski definition) is 7. The summed E-state index contributed by atoms with van der Waals surface area (Å²) in [5, 5.41) is 24.6. The largest absolute Gasteiger partial charge is 0.435 e. The fraction of sp³-hybridized carbons (Fsp3) is 0.483. The Morgan fingerprint density at radius 1 is 1.10 bits per heavy atom. The molecule has 264 valence electrons. The number of hydrogen-bond donors (Lipinski definition) is 5. The number of halogens is 7. The number of nitrogens with zero attached hydrogens (tertiary/aromatic N) is 5. The average Bonchev–Trinajstić information content (AvgIpc) is 3.46. The second kappa shape index (κ2) is 12.4. The van der Waals surface area contributed by atoms with Crippen molar-refractivity contribution in [2.75, 3.05) is 31.5 Å². The fourth-order valence-corrected chi connectivity index (χ4v) is 6.73. The molecule has 3 aromatic rings. The molecular weight excluding hydrogens is 704 g/mol. The van der Waals surface area contributed by atoms with Crippen LogP contribution in [0, 0.1) is 11.8 Å². The van der Waals surface area contributed by atoms with Crippen molar-refractivity contribution in [3.8, 4) is 11.3 Å². The van der Waals surface area contributed by atoms with Crippen LogP contribution >= 0.6 is 24.0 Å². The highest BCUT2D eigenvalue weighted by Crippen LogP contribution is 2.53. The standard InChI is InChI=1S/C29H29ClF5N9O4.ClH/c1-42-19(16-11-44(21-5-28(21,31)32)41-23(16)29(33,34)35)7-37-24(42)26(47)38-12-2-3-13(17(30)4-12)25(46)40-22-14-9-43(10-15(14)22)27(48)39-18-6-36-8-20(18)45;/h2-4,7,11,14-15,18,20-22,36,45H,5-6,8-10H2,1H3,(H,38,47)(H,39,48)(H,40,46);1H/t14-,15+,18-,20-,21+,22?;/m1./s1. The predicted molar refractivity (Wildman–Crippen MR) is 166 cm³/mol. The van der Waals surface area contributed by atoms with Gasteiger partial charge in [0.05, 0.1) is 40.2 Å². The van der Waals surface area contributed by atoms with Gasteiger partial charge in [-0.15, -0.1) is 12.4 Å². The number of anilines is 1. The number of fused-ring (bicyclic) bond motifs is 1. The van der Waals surface area contributed by atoms with Crippen LogP contribution in [0.4, 0.5) is 32.4 Å². The highest BCUT2D eigenvalue weighted by molar-refractivity contribution is 6.34. The molecule has 20 heteroatoms. The molecule has 2 saturated carbocycles. The molecule has 7 rings (SSSR count). The van der Waals surface area contributed by atoms with E-state index in [1.165, 1.54) is 25.2 Å². The minimum atomic E-state index is -4.95. The van der Waals surface area contributed by atoms with Crippen molar-refractivity contribution < 1.29 is 41.4 Å². The number of benzene rings is 1. The first kappa shape index (κ1) is 34.8. The summed E-state index contributed by atoms with van der Waals surface area (Å²) < 4.78 is 70.0. The maximum absolute atomic E-state index is 13.7. The Hall–Kier alpha value is -4.00. The number of likely N-dealkylation sites (tertiary alicyclic amines) is 1. The van der Waals surface area contributed by atoms with Gasteiger partial charge in [-0.05, 0) is 18.2 Å². The number of aliphatic hydroxyl groups excluding tert-OH is 1. The molecule has 13 nitrogen and oxygen atoms in total. The van der Waals surface area contributed by atoms with Crippen LogP contribution in [0.15, 0.2) is 30.6 Å². The summed E-state index contributed by atoms with van der Waals surface area (Å²) in [6.45, 7) is 1.83. The fourth-order valence-electron chi connectivity index (χ4n) is 6.47. The minimum Gasteiger partial charge on any atom is -0.390 e. The number of nitrogens with one attached hydrogen (secondary N) is 4. The summed E-state index contributed by atoms with van der Waals surface area (Å²) in [4.78, 5) is 44.2. The van der Waals surface area contributed by atoms with Gasteiger partial charge in [-0.25, -0.2) is 18.6 Å². The number of aromatic nitrogens is 4. The Kier molecular flexibility index (Phi) is 8.82. The SMILES string of the molecule is Cl.Cn1c(-c2cn([C@H]3CC3(F)F)nc2C(F)(F)F)cnc1C(=O)Nc1ccc(C(=O)NC2[C@H]3CN(C(=O)N[C@@H]4CNC[C@H]4O)C[C@@H]23)c(Cl)c1. The molecule has 2 aliphatic heterocycles. The molecule has 2 aliphatic carbocycles. The van der Waals surface area contributed by atoms with E-state index in [2.05, 4.69) is 31.3 Å². The van der Waals surface area contributed by atoms with Crippen LogP contribution in [0.2, 0.25) is 5.02 Å². The molecule has 0 spiro atoms.